The van der Waals surface area contributed by atoms with Gasteiger partial charge in [0.1, 0.15) is 0 Å². The van der Waals surface area contributed by atoms with Crippen LogP contribution < -0.4 is 0 Å². The Labute approximate surface area is 82.0 Å². The Morgan fingerprint density at radius 1 is 1.00 bits per heavy atom. The Hall–Kier alpha value is -0.0800. The summed E-state index contributed by atoms with van der Waals surface area (Å²) in [6.07, 6.45) is 6.23. The van der Waals surface area contributed by atoms with Gasteiger partial charge in [-0.25, -0.2) is 0 Å². The lowest BCUT2D eigenvalue weighted by Gasteiger charge is -2.30. The van der Waals surface area contributed by atoms with Crippen molar-refractivity contribution in [2.75, 3.05) is 13.2 Å². The van der Waals surface area contributed by atoms with E-state index in [1.807, 2.05) is 0 Å². The molecule has 13 heavy (non-hydrogen) atoms. The number of unbranched alkanes of at least 4 members (excludes halogenated alkanes) is 1. The fourth-order valence-electron chi connectivity index (χ4n) is 1.89. The molecule has 1 atom stereocenters. The van der Waals surface area contributed by atoms with Gasteiger partial charge in [0.2, 0.25) is 0 Å². The minimum Gasteiger partial charge on any atom is -0.396 e. The molecule has 2 heteroatoms. The summed E-state index contributed by atoms with van der Waals surface area (Å²) in [5.41, 5.74) is 0.129. The third-order valence-electron chi connectivity index (χ3n) is 2.98. The highest BCUT2D eigenvalue weighted by Gasteiger charge is 2.25. The van der Waals surface area contributed by atoms with E-state index in [1.54, 1.807) is 0 Å². The van der Waals surface area contributed by atoms with Crippen LogP contribution in [0.1, 0.15) is 52.4 Å². The van der Waals surface area contributed by atoms with E-state index >= 15 is 0 Å². The predicted octanol–water partition coefficient (Wildman–Crippen LogP) is 2.34. The SMILES string of the molecule is CCCC(CC)(CO)CCCCO. The quantitative estimate of drug-likeness (QED) is 0.574. The van der Waals surface area contributed by atoms with Crippen molar-refractivity contribution in [1.82, 2.24) is 0 Å². The molecule has 0 aromatic carbocycles. The van der Waals surface area contributed by atoms with E-state index in [0.29, 0.717) is 6.61 Å². The standard InChI is InChI=1S/C11H24O2/c1-3-7-11(4-2,10-13)8-5-6-9-12/h12-13H,3-10H2,1-2H3. The molecule has 0 rings (SSSR count). The Kier molecular flexibility index (Phi) is 7.29. The molecule has 0 bridgehead atoms. The predicted molar refractivity (Wildman–Crippen MR) is 55.7 cm³/mol. The zero-order valence-electron chi connectivity index (χ0n) is 9.05. The van der Waals surface area contributed by atoms with E-state index in [2.05, 4.69) is 13.8 Å². The van der Waals surface area contributed by atoms with E-state index < -0.39 is 0 Å². The van der Waals surface area contributed by atoms with Crippen LogP contribution in [0.25, 0.3) is 0 Å². The summed E-state index contributed by atoms with van der Waals surface area (Å²) in [5.74, 6) is 0. The zero-order chi connectivity index (χ0) is 10.2. The minimum atomic E-state index is 0.129. The lowest BCUT2D eigenvalue weighted by molar-refractivity contribution is 0.0943. The maximum atomic E-state index is 9.34. The van der Waals surface area contributed by atoms with Gasteiger partial charge in [0.05, 0.1) is 0 Å². The molecule has 0 aliphatic heterocycles. The molecular weight excluding hydrogens is 164 g/mol. The summed E-state index contributed by atoms with van der Waals surface area (Å²) >= 11 is 0. The maximum absolute atomic E-state index is 9.34. The molecule has 0 aliphatic rings. The van der Waals surface area contributed by atoms with E-state index in [1.165, 1.54) is 0 Å². The van der Waals surface area contributed by atoms with Gasteiger partial charge in [-0.3, -0.25) is 0 Å². The monoisotopic (exact) mass is 188 g/mol. The van der Waals surface area contributed by atoms with Crippen LogP contribution >= 0.6 is 0 Å². The van der Waals surface area contributed by atoms with Gasteiger partial charge in [0.25, 0.3) is 0 Å². The van der Waals surface area contributed by atoms with Crippen molar-refractivity contribution >= 4 is 0 Å². The average Bonchev–Trinajstić information content (AvgIpc) is 2.17. The fourth-order valence-corrected chi connectivity index (χ4v) is 1.89. The van der Waals surface area contributed by atoms with Gasteiger partial charge in [0, 0.05) is 13.2 Å². The van der Waals surface area contributed by atoms with Gasteiger partial charge < -0.3 is 10.2 Å². The molecule has 0 aliphatic carbocycles. The molecule has 0 aromatic heterocycles. The van der Waals surface area contributed by atoms with Gasteiger partial charge in [-0.15, -0.1) is 0 Å². The molecule has 0 radical (unpaired) electrons. The van der Waals surface area contributed by atoms with Crippen LogP contribution in [-0.4, -0.2) is 23.4 Å². The van der Waals surface area contributed by atoms with E-state index in [-0.39, 0.29) is 12.0 Å². The van der Waals surface area contributed by atoms with Gasteiger partial charge in [-0.1, -0.05) is 26.7 Å². The third-order valence-corrected chi connectivity index (χ3v) is 2.98. The first kappa shape index (κ1) is 12.9. The second-order valence-corrected chi connectivity index (χ2v) is 3.94. The first-order valence-corrected chi connectivity index (χ1v) is 5.46. The van der Waals surface area contributed by atoms with Crippen LogP contribution in [0.15, 0.2) is 0 Å². The van der Waals surface area contributed by atoms with Crippen LogP contribution in [-0.2, 0) is 0 Å². The molecule has 0 amide bonds. The minimum absolute atomic E-state index is 0.129. The summed E-state index contributed by atoms with van der Waals surface area (Å²) in [7, 11) is 0. The second kappa shape index (κ2) is 7.34. The maximum Gasteiger partial charge on any atom is 0.0487 e. The van der Waals surface area contributed by atoms with E-state index in [9.17, 15) is 5.11 Å². The van der Waals surface area contributed by atoms with Crippen molar-refractivity contribution in [2.24, 2.45) is 5.41 Å². The third kappa shape index (κ3) is 4.63. The Balaban J connectivity index is 3.89. The molecule has 0 heterocycles. The van der Waals surface area contributed by atoms with Crippen molar-refractivity contribution in [2.45, 2.75) is 52.4 Å². The highest BCUT2D eigenvalue weighted by atomic mass is 16.3. The van der Waals surface area contributed by atoms with Crippen molar-refractivity contribution in [3.8, 4) is 0 Å². The summed E-state index contributed by atoms with van der Waals surface area (Å²) in [5, 5.41) is 18.0. The summed E-state index contributed by atoms with van der Waals surface area (Å²) in [6.45, 7) is 4.87. The normalized spacial score (nSPS) is 15.7. The molecule has 0 aromatic rings. The zero-order valence-corrected chi connectivity index (χ0v) is 9.05. The first-order valence-electron chi connectivity index (χ1n) is 5.46. The molecule has 2 N–H and O–H groups in total. The van der Waals surface area contributed by atoms with Crippen LogP contribution in [0.5, 0.6) is 0 Å². The Morgan fingerprint density at radius 3 is 2.08 bits per heavy atom. The highest BCUT2D eigenvalue weighted by Crippen LogP contribution is 2.33. The number of aliphatic hydroxyl groups is 2. The summed E-state index contributed by atoms with van der Waals surface area (Å²) < 4.78 is 0. The lowest BCUT2D eigenvalue weighted by atomic mass is 9.77. The molecule has 0 saturated heterocycles. The van der Waals surface area contributed by atoms with Crippen molar-refractivity contribution < 1.29 is 10.2 Å². The van der Waals surface area contributed by atoms with Gasteiger partial charge >= 0.3 is 0 Å². The largest absolute Gasteiger partial charge is 0.396 e. The lowest BCUT2D eigenvalue weighted by Crippen LogP contribution is -2.24. The summed E-state index contributed by atoms with van der Waals surface area (Å²) in [4.78, 5) is 0. The number of aliphatic hydroxyl groups excluding tert-OH is 2. The van der Waals surface area contributed by atoms with Crippen LogP contribution in [0, 0.1) is 5.41 Å². The summed E-state index contributed by atoms with van der Waals surface area (Å²) in [6, 6.07) is 0. The van der Waals surface area contributed by atoms with Crippen molar-refractivity contribution in [1.29, 1.82) is 0 Å². The first-order chi connectivity index (χ1) is 6.24. The number of hydrogen-bond donors (Lipinski definition) is 2. The molecule has 0 saturated carbocycles. The molecule has 1 unspecified atom stereocenters. The van der Waals surface area contributed by atoms with E-state index in [4.69, 9.17) is 5.11 Å². The molecule has 0 fully saturated rings. The van der Waals surface area contributed by atoms with Crippen molar-refractivity contribution in [3.63, 3.8) is 0 Å². The number of rotatable bonds is 8. The van der Waals surface area contributed by atoms with E-state index in [0.717, 1.165) is 38.5 Å². The van der Waals surface area contributed by atoms with Gasteiger partial charge in [0.15, 0.2) is 0 Å². The van der Waals surface area contributed by atoms with Crippen molar-refractivity contribution in [3.05, 3.63) is 0 Å². The second-order valence-electron chi connectivity index (χ2n) is 3.94. The molecular formula is C11H24O2. The Bertz CT molecular complexity index is 109. The smallest absolute Gasteiger partial charge is 0.0487 e. The van der Waals surface area contributed by atoms with Crippen LogP contribution in [0.3, 0.4) is 0 Å². The van der Waals surface area contributed by atoms with Gasteiger partial charge in [-0.2, -0.15) is 0 Å². The molecule has 80 valence electrons. The molecule has 2 nitrogen and oxygen atoms in total. The van der Waals surface area contributed by atoms with Crippen LogP contribution in [0.2, 0.25) is 0 Å². The van der Waals surface area contributed by atoms with Crippen LogP contribution in [0.4, 0.5) is 0 Å². The fraction of sp³-hybridized carbons (Fsp3) is 1.00. The van der Waals surface area contributed by atoms with Gasteiger partial charge in [-0.05, 0) is 31.1 Å². The highest BCUT2D eigenvalue weighted by molar-refractivity contribution is 4.76. The topological polar surface area (TPSA) is 40.5 Å². The molecule has 0 spiro atoms. The Morgan fingerprint density at radius 2 is 1.69 bits per heavy atom. The number of hydrogen-bond acceptors (Lipinski definition) is 2. The average molecular weight is 188 g/mol.